The van der Waals surface area contributed by atoms with Gasteiger partial charge in [0.2, 0.25) is 15.9 Å². The van der Waals surface area contributed by atoms with Crippen molar-refractivity contribution in [3.05, 3.63) is 59.7 Å². The molecule has 2 rings (SSSR count). The molecular weight excluding hydrogens is 381 g/mol. The fourth-order valence-corrected chi connectivity index (χ4v) is 3.42. The summed E-state index contributed by atoms with van der Waals surface area (Å²) in [5.74, 6) is -0.506. The number of amides is 1. The highest BCUT2D eigenvalue weighted by molar-refractivity contribution is 7.89. The van der Waals surface area contributed by atoms with Crippen LogP contribution in [0.3, 0.4) is 0 Å². The van der Waals surface area contributed by atoms with E-state index in [1.165, 1.54) is 36.4 Å². The summed E-state index contributed by atoms with van der Waals surface area (Å²) in [7, 11) is -3.60. The van der Waals surface area contributed by atoms with Crippen LogP contribution in [0, 0.1) is 0 Å². The SMILES string of the molecule is CCCNS(=O)(=O)c1ccc(NC(=O)Cc2cccc(C(F)(F)F)c2)cc1. The molecule has 146 valence electrons. The van der Waals surface area contributed by atoms with Crippen LogP contribution in [0.1, 0.15) is 24.5 Å². The molecule has 27 heavy (non-hydrogen) atoms. The second kappa shape index (κ2) is 8.53. The molecule has 0 spiro atoms. The highest BCUT2D eigenvalue weighted by Gasteiger charge is 2.30. The van der Waals surface area contributed by atoms with E-state index in [1.54, 1.807) is 0 Å². The summed E-state index contributed by atoms with van der Waals surface area (Å²) in [6.45, 7) is 2.16. The van der Waals surface area contributed by atoms with Crippen molar-refractivity contribution in [3.8, 4) is 0 Å². The maximum absolute atomic E-state index is 12.7. The van der Waals surface area contributed by atoms with Crippen LogP contribution in [0.2, 0.25) is 0 Å². The van der Waals surface area contributed by atoms with Crippen molar-refractivity contribution in [2.24, 2.45) is 0 Å². The molecule has 0 aliphatic heterocycles. The molecule has 0 heterocycles. The first-order valence-corrected chi connectivity index (χ1v) is 9.66. The fourth-order valence-electron chi connectivity index (χ4n) is 2.29. The van der Waals surface area contributed by atoms with Crippen molar-refractivity contribution in [2.45, 2.75) is 30.8 Å². The van der Waals surface area contributed by atoms with Crippen LogP contribution >= 0.6 is 0 Å². The molecule has 5 nitrogen and oxygen atoms in total. The Balaban J connectivity index is 2.02. The lowest BCUT2D eigenvalue weighted by Gasteiger charge is -2.10. The molecule has 0 fully saturated rings. The Hall–Kier alpha value is -2.39. The normalized spacial score (nSPS) is 12.0. The van der Waals surface area contributed by atoms with Gasteiger partial charge in [-0.15, -0.1) is 0 Å². The predicted molar refractivity (Wildman–Crippen MR) is 95.7 cm³/mol. The third-order valence-electron chi connectivity index (χ3n) is 3.61. The van der Waals surface area contributed by atoms with Gasteiger partial charge in [-0.25, -0.2) is 13.1 Å². The molecule has 0 radical (unpaired) electrons. The first-order valence-electron chi connectivity index (χ1n) is 8.17. The van der Waals surface area contributed by atoms with E-state index in [0.717, 1.165) is 12.1 Å². The molecule has 2 N–H and O–H groups in total. The Kier molecular flexibility index (Phi) is 6.61. The molecule has 0 saturated heterocycles. The van der Waals surface area contributed by atoms with Gasteiger partial charge in [-0.05, 0) is 42.3 Å². The van der Waals surface area contributed by atoms with Gasteiger partial charge in [0.05, 0.1) is 16.9 Å². The van der Waals surface area contributed by atoms with E-state index in [9.17, 15) is 26.4 Å². The van der Waals surface area contributed by atoms with E-state index in [1.807, 2.05) is 6.92 Å². The quantitative estimate of drug-likeness (QED) is 0.746. The van der Waals surface area contributed by atoms with E-state index in [4.69, 9.17) is 0 Å². The minimum absolute atomic E-state index is 0.0619. The van der Waals surface area contributed by atoms with Gasteiger partial charge < -0.3 is 5.32 Å². The van der Waals surface area contributed by atoms with Crippen LogP contribution in [0.25, 0.3) is 0 Å². The Morgan fingerprint density at radius 3 is 2.33 bits per heavy atom. The summed E-state index contributed by atoms with van der Waals surface area (Å²) < 4.78 is 64.5. The Labute approximate surface area is 155 Å². The number of sulfonamides is 1. The molecule has 9 heteroatoms. The van der Waals surface area contributed by atoms with Crippen molar-refractivity contribution in [1.82, 2.24) is 4.72 Å². The lowest BCUT2D eigenvalue weighted by molar-refractivity contribution is -0.137. The molecule has 0 atom stereocenters. The third-order valence-corrected chi connectivity index (χ3v) is 5.09. The first kappa shape index (κ1) is 20.9. The van der Waals surface area contributed by atoms with E-state index in [0.29, 0.717) is 18.7 Å². The Bertz CT molecular complexity index is 895. The van der Waals surface area contributed by atoms with Crippen molar-refractivity contribution in [3.63, 3.8) is 0 Å². The minimum atomic E-state index is -4.47. The second-order valence-corrected chi connectivity index (χ2v) is 7.61. The Morgan fingerprint density at radius 1 is 1.07 bits per heavy atom. The lowest BCUT2D eigenvalue weighted by Crippen LogP contribution is -2.24. The van der Waals surface area contributed by atoms with Gasteiger partial charge >= 0.3 is 6.18 Å². The van der Waals surface area contributed by atoms with Gasteiger partial charge in [-0.1, -0.05) is 25.1 Å². The molecule has 1 amide bonds. The van der Waals surface area contributed by atoms with Crippen LogP contribution in [0.4, 0.5) is 18.9 Å². The highest BCUT2D eigenvalue weighted by Crippen LogP contribution is 2.29. The average molecular weight is 400 g/mol. The summed E-state index contributed by atoms with van der Waals surface area (Å²) in [4.78, 5) is 12.1. The van der Waals surface area contributed by atoms with E-state index >= 15 is 0 Å². The smallest absolute Gasteiger partial charge is 0.326 e. The number of alkyl halides is 3. The number of anilines is 1. The van der Waals surface area contributed by atoms with Gasteiger partial charge in [0.15, 0.2) is 0 Å². The standard InChI is InChI=1S/C18H19F3N2O3S/c1-2-10-22-27(25,26)16-8-6-15(7-9-16)23-17(24)12-13-4-3-5-14(11-13)18(19,20)21/h3-9,11,22H,2,10,12H2,1H3,(H,23,24). The van der Waals surface area contributed by atoms with Gasteiger partial charge in [0, 0.05) is 12.2 Å². The zero-order chi connectivity index (χ0) is 20.1. The third kappa shape index (κ3) is 6.07. The predicted octanol–water partition coefficient (Wildman–Crippen LogP) is 3.57. The number of halogens is 3. The number of carbonyl (C=O) groups excluding carboxylic acids is 1. The summed E-state index contributed by atoms with van der Waals surface area (Å²) in [5.41, 5.74) is -0.242. The molecule has 0 aromatic heterocycles. The van der Waals surface area contributed by atoms with Crippen LogP contribution in [0.5, 0.6) is 0 Å². The number of nitrogens with one attached hydrogen (secondary N) is 2. The van der Waals surface area contributed by atoms with Crippen molar-refractivity contribution in [1.29, 1.82) is 0 Å². The molecule has 0 aliphatic rings. The van der Waals surface area contributed by atoms with Crippen molar-refractivity contribution in [2.75, 3.05) is 11.9 Å². The lowest BCUT2D eigenvalue weighted by atomic mass is 10.1. The van der Waals surface area contributed by atoms with E-state index in [-0.39, 0.29) is 16.9 Å². The highest BCUT2D eigenvalue weighted by atomic mass is 32.2. The second-order valence-electron chi connectivity index (χ2n) is 5.85. The topological polar surface area (TPSA) is 75.3 Å². The van der Waals surface area contributed by atoms with Gasteiger partial charge in [0.1, 0.15) is 0 Å². The van der Waals surface area contributed by atoms with Gasteiger partial charge in [-0.3, -0.25) is 4.79 Å². The number of carbonyl (C=O) groups is 1. The number of hydrogen-bond acceptors (Lipinski definition) is 3. The minimum Gasteiger partial charge on any atom is -0.326 e. The molecule has 2 aromatic rings. The van der Waals surface area contributed by atoms with Gasteiger partial charge in [0.25, 0.3) is 0 Å². The molecular formula is C18H19F3N2O3S. The summed E-state index contributed by atoms with van der Waals surface area (Å²) in [6, 6.07) is 10.1. The van der Waals surface area contributed by atoms with Crippen LogP contribution in [0.15, 0.2) is 53.4 Å². The zero-order valence-corrected chi connectivity index (χ0v) is 15.3. The zero-order valence-electron chi connectivity index (χ0n) is 14.5. The Morgan fingerprint density at radius 2 is 1.74 bits per heavy atom. The molecule has 0 saturated carbocycles. The average Bonchev–Trinajstić information content (AvgIpc) is 2.60. The molecule has 0 aliphatic carbocycles. The number of rotatable bonds is 7. The largest absolute Gasteiger partial charge is 0.416 e. The van der Waals surface area contributed by atoms with Gasteiger partial charge in [-0.2, -0.15) is 13.2 Å². The number of benzene rings is 2. The van der Waals surface area contributed by atoms with E-state index < -0.39 is 27.7 Å². The van der Waals surface area contributed by atoms with Crippen molar-refractivity contribution >= 4 is 21.6 Å². The summed E-state index contributed by atoms with van der Waals surface area (Å²) in [6.07, 6.45) is -4.05. The maximum Gasteiger partial charge on any atom is 0.416 e. The fraction of sp³-hybridized carbons (Fsp3) is 0.278. The summed E-state index contributed by atoms with van der Waals surface area (Å²) in [5, 5.41) is 2.54. The van der Waals surface area contributed by atoms with Crippen LogP contribution < -0.4 is 10.0 Å². The molecule has 2 aromatic carbocycles. The molecule has 0 unspecified atom stereocenters. The van der Waals surface area contributed by atoms with E-state index in [2.05, 4.69) is 10.0 Å². The van der Waals surface area contributed by atoms with Crippen molar-refractivity contribution < 1.29 is 26.4 Å². The number of hydrogen-bond donors (Lipinski definition) is 2. The maximum atomic E-state index is 12.7. The molecule has 0 bridgehead atoms. The monoisotopic (exact) mass is 400 g/mol. The first-order chi connectivity index (χ1) is 12.6. The van der Waals surface area contributed by atoms with Crippen LogP contribution in [-0.2, 0) is 27.4 Å². The van der Waals surface area contributed by atoms with Crippen LogP contribution in [-0.4, -0.2) is 20.9 Å². The summed E-state index contributed by atoms with van der Waals surface area (Å²) >= 11 is 0.